The van der Waals surface area contributed by atoms with Gasteiger partial charge in [-0.1, -0.05) is 26.2 Å². The Morgan fingerprint density at radius 1 is 1.43 bits per heavy atom. The van der Waals surface area contributed by atoms with Crippen LogP contribution in [0, 0.1) is 17.2 Å². The smallest absolute Gasteiger partial charge is 0.0635 e. The van der Waals surface area contributed by atoms with Crippen LogP contribution in [0.1, 0.15) is 45.4 Å². The van der Waals surface area contributed by atoms with E-state index in [1.165, 1.54) is 32.1 Å². The van der Waals surface area contributed by atoms with Crippen molar-refractivity contribution < 1.29 is 0 Å². The fourth-order valence-electron chi connectivity index (χ4n) is 2.44. The van der Waals surface area contributed by atoms with Crippen molar-refractivity contribution in [2.24, 2.45) is 5.92 Å². The zero-order valence-electron chi connectivity index (χ0n) is 9.50. The molecule has 0 heterocycles. The second-order valence-corrected chi connectivity index (χ2v) is 4.48. The highest BCUT2D eigenvalue weighted by Crippen LogP contribution is 2.29. The lowest BCUT2D eigenvalue weighted by Gasteiger charge is -2.34. The van der Waals surface area contributed by atoms with Gasteiger partial charge in [0, 0.05) is 19.0 Å². The van der Waals surface area contributed by atoms with Gasteiger partial charge in [0.15, 0.2) is 0 Å². The first kappa shape index (κ1) is 11.5. The molecule has 1 aliphatic carbocycles. The number of hydrogen-bond acceptors (Lipinski definition) is 2. The molecule has 0 N–H and O–H groups in total. The first-order chi connectivity index (χ1) is 6.77. The third-order valence-corrected chi connectivity index (χ3v) is 3.53. The Labute approximate surface area is 87.9 Å². The number of nitriles is 1. The lowest BCUT2D eigenvalue weighted by atomic mass is 9.83. The lowest BCUT2D eigenvalue weighted by molar-refractivity contribution is 0.158. The Morgan fingerprint density at radius 3 is 2.86 bits per heavy atom. The highest BCUT2D eigenvalue weighted by atomic mass is 15.1. The molecule has 0 aliphatic heterocycles. The molecule has 0 aromatic heterocycles. The van der Waals surface area contributed by atoms with E-state index >= 15 is 0 Å². The summed E-state index contributed by atoms with van der Waals surface area (Å²) < 4.78 is 0. The molecule has 2 atom stereocenters. The predicted molar refractivity (Wildman–Crippen MR) is 58.9 cm³/mol. The summed E-state index contributed by atoms with van der Waals surface area (Å²) in [5.41, 5.74) is 0. The van der Waals surface area contributed by atoms with E-state index in [2.05, 4.69) is 24.9 Å². The largest absolute Gasteiger partial charge is 0.302 e. The predicted octanol–water partition coefficient (Wildman–Crippen LogP) is 2.80. The first-order valence-electron chi connectivity index (χ1n) is 5.85. The van der Waals surface area contributed by atoms with Crippen molar-refractivity contribution in [2.45, 2.75) is 51.5 Å². The van der Waals surface area contributed by atoms with Gasteiger partial charge in [-0.25, -0.2) is 0 Å². The molecule has 80 valence electrons. The van der Waals surface area contributed by atoms with Crippen molar-refractivity contribution in [3.63, 3.8) is 0 Å². The Hall–Kier alpha value is -0.550. The third-order valence-electron chi connectivity index (χ3n) is 3.53. The van der Waals surface area contributed by atoms with Gasteiger partial charge >= 0.3 is 0 Å². The molecule has 1 rings (SSSR count). The minimum atomic E-state index is 0.670. The van der Waals surface area contributed by atoms with Crippen LogP contribution in [0.25, 0.3) is 0 Å². The van der Waals surface area contributed by atoms with E-state index in [9.17, 15) is 0 Å². The van der Waals surface area contributed by atoms with Crippen LogP contribution in [0.3, 0.4) is 0 Å². The fraction of sp³-hybridized carbons (Fsp3) is 0.917. The van der Waals surface area contributed by atoms with Crippen LogP contribution >= 0.6 is 0 Å². The summed E-state index contributed by atoms with van der Waals surface area (Å²) in [7, 11) is 2.17. The zero-order chi connectivity index (χ0) is 10.4. The molecule has 2 heteroatoms. The molecule has 0 radical (unpaired) electrons. The average Bonchev–Trinajstić information content (AvgIpc) is 2.26. The maximum atomic E-state index is 8.54. The normalized spacial score (nSPS) is 27.6. The maximum Gasteiger partial charge on any atom is 0.0635 e. The summed E-state index contributed by atoms with van der Waals surface area (Å²) in [6.07, 6.45) is 7.46. The van der Waals surface area contributed by atoms with Crippen LogP contribution in [0.15, 0.2) is 0 Å². The standard InChI is InChI=1S/C12H22N2/c1-3-11-6-4-7-12(10-11)14(2)9-5-8-13/h11-12H,3-7,9-10H2,1-2H3. The van der Waals surface area contributed by atoms with Crippen molar-refractivity contribution >= 4 is 0 Å². The molecule has 0 aromatic rings. The molecular weight excluding hydrogens is 172 g/mol. The minimum Gasteiger partial charge on any atom is -0.302 e. The van der Waals surface area contributed by atoms with Gasteiger partial charge < -0.3 is 4.90 Å². The van der Waals surface area contributed by atoms with E-state index in [0.29, 0.717) is 6.42 Å². The van der Waals surface area contributed by atoms with E-state index in [4.69, 9.17) is 5.26 Å². The SMILES string of the molecule is CCC1CCCC(N(C)CCC#N)C1. The van der Waals surface area contributed by atoms with E-state index < -0.39 is 0 Å². The van der Waals surface area contributed by atoms with Crippen LogP contribution in [0.2, 0.25) is 0 Å². The fourth-order valence-corrected chi connectivity index (χ4v) is 2.44. The summed E-state index contributed by atoms with van der Waals surface area (Å²) in [4.78, 5) is 2.38. The van der Waals surface area contributed by atoms with Crippen LogP contribution < -0.4 is 0 Å². The van der Waals surface area contributed by atoms with Gasteiger partial charge in [-0.2, -0.15) is 5.26 Å². The van der Waals surface area contributed by atoms with E-state index in [1.807, 2.05) is 0 Å². The quantitative estimate of drug-likeness (QED) is 0.688. The zero-order valence-corrected chi connectivity index (χ0v) is 9.50. The molecule has 0 saturated heterocycles. The van der Waals surface area contributed by atoms with Crippen molar-refractivity contribution in [1.82, 2.24) is 4.90 Å². The summed E-state index contributed by atoms with van der Waals surface area (Å²) in [5, 5.41) is 8.54. The molecule has 1 fully saturated rings. The molecule has 14 heavy (non-hydrogen) atoms. The topological polar surface area (TPSA) is 27.0 Å². The molecule has 2 unspecified atom stereocenters. The van der Waals surface area contributed by atoms with Crippen LogP contribution in [0.4, 0.5) is 0 Å². The summed E-state index contributed by atoms with van der Waals surface area (Å²) in [6, 6.07) is 2.96. The van der Waals surface area contributed by atoms with E-state index in [1.54, 1.807) is 0 Å². The van der Waals surface area contributed by atoms with Crippen molar-refractivity contribution in [2.75, 3.05) is 13.6 Å². The van der Waals surface area contributed by atoms with Gasteiger partial charge in [0.2, 0.25) is 0 Å². The summed E-state index contributed by atoms with van der Waals surface area (Å²) in [5.74, 6) is 0.929. The number of rotatable bonds is 4. The highest BCUT2D eigenvalue weighted by Gasteiger charge is 2.23. The molecule has 0 amide bonds. The monoisotopic (exact) mass is 194 g/mol. The Balaban J connectivity index is 2.32. The second kappa shape index (κ2) is 6.03. The van der Waals surface area contributed by atoms with Crippen LogP contribution in [-0.4, -0.2) is 24.5 Å². The van der Waals surface area contributed by atoms with E-state index in [-0.39, 0.29) is 0 Å². The number of hydrogen-bond donors (Lipinski definition) is 0. The molecule has 1 aliphatic rings. The van der Waals surface area contributed by atoms with Gasteiger partial charge in [-0.05, 0) is 25.8 Å². The Bertz CT molecular complexity index is 195. The summed E-state index contributed by atoms with van der Waals surface area (Å²) in [6.45, 7) is 3.24. The molecule has 1 saturated carbocycles. The molecule has 0 spiro atoms. The van der Waals surface area contributed by atoms with Gasteiger partial charge in [0.1, 0.15) is 0 Å². The van der Waals surface area contributed by atoms with Crippen LogP contribution in [-0.2, 0) is 0 Å². The number of nitrogens with zero attached hydrogens (tertiary/aromatic N) is 2. The highest BCUT2D eigenvalue weighted by molar-refractivity contribution is 4.80. The van der Waals surface area contributed by atoms with Gasteiger partial charge in [0.05, 0.1) is 6.07 Å². The van der Waals surface area contributed by atoms with Gasteiger partial charge in [0.25, 0.3) is 0 Å². The second-order valence-electron chi connectivity index (χ2n) is 4.48. The van der Waals surface area contributed by atoms with Crippen molar-refractivity contribution in [3.8, 4) is 6.07 Å². The van der Waals surface area contributed by atoms with Gasteiger partial charge in [-0.3, -0.25) is 0 Å². The van der Waals surface area contributed by atoms with E-state index in [0.717, 1.165) is 18.5 Å². The third kappa shape index (κ3) is 3.31. The van der Waals surface area contributed by atoms with Crippen molar-refractivity contribution in [1.29, 1.82) is 5.26 Å². The maximum absolute atomic E-state index is 8.54. The molecule has 2 nitrogen and oxygen atoms in total. The summed E-state index contributed by atoms with van der Waals surface area (Å²) >= 11 is 0. The van der Waals surface area contributed by atoms with Crippen molar-refractivity contribution in [3.05, 3.63) is 0 Å². The van der Waals surface area contributed by atoms with Gasteiger partial charge in [-0.15, -0.1) is 0 Å². The Kier molecular flexibility index (Phi) is 4.97. The minimum absolute atomic E-state index is 0.670. The van der Waals surface area contributed by atoms with Crippen LogP contribution in [0.5, 0.6) is 0 Å². The average molecular weight is 194 g/mol. The molecule has 0 aromatic carbocycles. The first-order valence-corrected chi connectivity index (χ1v) is 5.85. The Morgan fingerprint density at radius 2 is 2.21 bits per heavy atom. The lowest BCUT2D eigenvalue weighted by Crippen LogP contribution is -2.36. The molecule has 0 bridgehead atoms. The molecular formula is C12H22N2.